The van der Waals surface area contributed by atoms with Crippen molar-refractivity contribution in [2.45, 2.75) is 83.8 Å². The molecule has 0 unspecified atom stereocenters. The summed E-state index contributed by atoms with van der Waals surface area (Å²) < 4.78 is 16.2. The molecule has 0 bridgehead atoms. The number of hydrogen-bond donors (Lipinski definition) is 3. The van der Waals surface area contributed by atoms with Crippen molar-refractivity contribution >= 4 is 7.82 Å². The highest BCUT2D eigenvalue weighted by atomic mass is 31.2. The first-order valence-corrected chi connectivity index (χ1v) is 11.6. The van der Waals surface area contributed by atoms with Crippen molar-refractivity contribution in [3.8, 4) is 0 Å². The second kappa shape index (κ2) is 6.04. The number of hydrogen-bond acceptors (Lipinski definition) is 3. The van der Waals surface area contributed by atoms with Gasteiger partial charge in [0, 0.05) is 0 Å². The summed E-state index contributed by atoms with van der Waals surface area (Å²) in [6.45, 7) is 4.74. The van der Waals surface area contributed by atoms with Gasteiger partial charge in [0.2, 0.25) is 0 Å². The van der Waals surface area contributed by atoms with Crippen LogP contribution in [0.5, 0.6) is 0 Å². The Morgan fingerprint density at radius 1 is 0.920 bits per heavy atom. The summed E-state index contributed by atoms with van der Waals surface area (Å²) in [5.41, 5.74) is 0.387. The van der Waals surface area contributed by atoms with Crippen LogP contribution >= 0.6 is 7.82 Å². The minimum absolute atomic E-state index is 0.116. The van der Waals surface area contributed by atoms with Crippen LogP contribution in [0, 0.1) is 34.5 Å². The predicted octanol–water partition coefficient (Wildman–Crippen LogP) is 3.87. The molecule has 0 aliphatic heterocycles. The Hall–Kier alpha value is 0.0700. The summed E-state index contributed by atoms with van der Waals surface area (Å²) in [5.74, 6) is 2.58. The average molecular weight is 372 g/mol. The molecule has 0 aromatic carbocycles. The number of rotatable bonds is 2. The molecule has 0 spiro atoms. The minimum atomic E-state index is -4.39. The third kappa shape index (κ3) is 2.95. The van der Waals surface area contributed by atoms with E-state index in [9.17, 15) is 9.67 Å². The first-order valence-electron chi connectivity index (χ1n) is 10.1. The topological polar surface area (TPSA) is 87.0 Å². The monoisotopic (exact) mass is 372 g/mol. The fourth-order valence-electron chi connectivity index (χ4n) is 7.48. The van der Waals surface area contributed by atoms with Gasteiger partial charge in [0.15, 0.2) is 0 Å². The Morgan fingerprint density at radius 2 is 1.60 bits per heavy atom. The van der Waals surface area contributed by atoms with Gasteiger partial charge in [-0.3, -0.25) is 4.52 Å². The molecule has 4 rings (SSSR count). The smallest absolute Gasteiger partial charge is 0.393 e. The van der Waals surface area contributed by atoms with Gasteiger partial charge in [0.25, 0.3) is 0 Å². The van der Waals surface area contributed by atoms with Crippen LogP contribution in [0.2, 0.25) is 0 Å². The quantitative estimate of drug-likeness (QED) is 0.641. The molecule has 0 amide bonds. The third-order valence-corrected chi connectivity index (χ3v) is 9.43. The van der Waals surface area contributed by atoms with Crippen LogP contribution in [0.3, 0.4) is 0 Å². The maximum Gasteiger partial charge on any atom is 0.469 e. The van der Waals surface area contributed by atoms with Crippen LogP contribution < -0.4 is 0 Å². The first kappa shape index (κ1) is 18.4. The zero-order valence-electron chi connectivity index (χ0n) is 15.4. The lowest BCUT2D eigenvalue weighted by molar-refractivity contribution is -0.132. The fourth-order valence-corrected chi connectivity index (χ4v) is 8.06. The SMILES string of the molecule is C[C@]12CC[C@H]3[C@@H](CC[C@@H]4C[C@@H](OP(=O)(O)O)CC[C@@]43C)[C@H]1CC[C@@H]2O. The summed E-state index contributed by atoms with van der Waals surface area (Å²) in [7, 11) is -4.39. The molecule has 144 valence electrons. The van der Waals surface area contributed by atoms with Crippen LogP contribution in [0.15, 0.2) is 0 Å². The van der Waals surface area contributed by atoms with E-state index in [1.807, 2.05) is 0 Å². The highest BCUT2D eigenvalue weighted by molar-refractivity contribution is 7.46. The number of fused-ring (bicyclic) bond motifs is 5. The van der Waals surface area contributed by atoms with Crippen LogP contribution in [0.1, 0.15) is 71.6 Å². The molecule has 3 N–H and O–H groups in total. The number of aliphatic hydroxyl groups is 1. The molecule has 4 aliphatic carbocycles. The molecular weight excluding hydrogens is 339 g/mol. The number of phosphoric acid groups is 1. The number of aliphatic hydroxyl groups excluding tert-OH is 1. The van der Waals surface area contributed by atoms with E-state index < -0.39 is 7.82 Å². The van der Waals surface area contributed by atoms with Crippen molar-refractivity contribution in [2.75, 3.05) is 0 Å². The van der Waals surface area contributed by atoms with E-state index in [1.165, 1.54) is 19.3 Å². The predicted molar refractivity (Wildman–Crippen MR) is 94.7 cm³/mol. The lowest BCUT2D eigenvalue weighted by Crippen LogP contribution is -2.54. The summed E-state index contributed by atoms with van der Waals surface area (Å²) in [5, 5.41) is 10.5. The second-order valence-corrected chi connectivity index (χ2v) is 11.0. The molecule has 5 nitrogen and oxygen atoms in total. The first-order chi connectivity index (χ1) is 11.6. The molecule has 0 aromatic heterocycles. The van der Waals surface area contributed by atoms with Crippen molar-refractivity contribution in [1.29, 1.82) is 0 Å². The maximum atomic E-state index is 11.2. The van der Waals surface area contributed by atoms with Gasteiger partial charge in [0.05, 0.1) is 12.2 Å². The third-order valence-electron chi connectivity index (χ3n) is 8.85. The summed E-state index contributed by atoms with van der Waals surface area (Å²) in [6, 6.07) is 0. The molecule has 0 heterocycles. The van der Waals surface area contributed by atoms with Crippen LogP contribution in [0.25, 0.3) is 0 Å². The molecule has 4 fully saturated rings. The minimum Gasteiger partial charge on any atom is -0.393 e. The van der Waals surface area contributed by atoms with Gasteiger partial charge in [-0.1, -0.05) is 13.8 Å². The van der Waals surface area contributed by atoms with Gasteiger partial charge in [-0.2, -0.15) is 0 Å². The lowest BCUT2D eigenvalue weighted by atomic mass is 9.45. The summed E-state index contributed by atoms with van der Waals surface area (Å²) in [6.07, 6.45) is 8.94. The Bertz CT molecular complexity index is 576. The van der Waals surface area contributed by atoms with E-state index in [-0.39, 0.29) is 23.0 Å². The van der Waals surface area contributed by atoms with E-state index in [1.54, 1.807) is 0 Å². The lowest BCUT2D eigenvalue weighted by Gasteiger charge is -2.60. The van der Waals surface area contributed by atoms with Gasteiger partial charge >= 0.3 is 7.82 Å². The zero-order valence-corrected chi connectivity index (χ0v) is 16.3. The Balaban J connectivity index is 1.52. The molecular formula is C19H33O5P. The van der Waals surface area contributed by atoms with E-state index in [0.29, 0.717) is 17.8 Å². The summed E-state index contributed by atoms with van der Waals surface area (Å²) in [4.78, 5) is 18.3. The van der Waals surface area contributed by atoms with Crippen molar-refractivity contribution in [3.05, 3.63) is 0 Å². The Labute approximate surface area is 150 Å². The standard InChI is InChI=1S/C19H33O5P/c1-18-9-7-13(24-25(21,22)23)11-12(18)3-4-14-15-5-6-17(20)19(15,2)10-8-16(14)18/h12-17,20H,3-11H2,1-2H3,(H2,21,22,23)/t12-,13+,14+,15-,16+,17+,18+,19+/m1/s1. The van der Waals surface area contributed by atoms with Gasteiger partial charge in [-0.25, -0.2) is 4.57 Å². The van der Waals surface area contributed by atoms with Crippen LogP contribution in [-0.2, 0) is 9.09 Å². The van der Waals surface area contributed by atoms with E-state index in [0.717, 1.165) is 44.4 Å². The molecule has 4 aliphatic rings. The van der Waals surface area contributed by atoms with Crippen LogP contribution in [-0.4, -0.2) is 27.1 Å². The van der Waals surface area contributed by atoms with Crippen molar-refractivity contribution in [3.63, 3.8) is 0 Å². The van der Waals surface area contributed by atoms with E-state index in [2.05, 4.69) is 13.8 Å². The average Bonchev–Trinajstić information content (AvgIpc) is 2.82. The molecule has 4 saturated carbocycles. The van der Waals surface area contributed by atoms with Gasteiger partial charge in [0.1, 0.15) is 0 Å². The van der Waals surface area contributed by atoms with Gasteiger partial charge in [-0.05, 0) is 92.3 Å². The molecule has 8 atom stereocenters. The van der Waals surface area contributed by atoms with Crippen molar-refractivity contribution in [2.24, 2.45) is 34.5 Å². The molecule has 6 heteroatoms. The summed E-state index contributed by atoms with van der Waals surface area (Å²) >= 11 is 0. The van der Waals surface area contributed by atoms with Crippen LogP contribution in [0.4, 0.5) is 0 Å². The highest BCUT2D eigenvalue weighted by Gasteiger charge is 2.60. The fraction of sp³-hybridized carbons (Fsp3) is 1.00. The van der Waals surface area contributed by atoms with Crippen molar-refractivity contribution < 1.29 is 24.0 Å². The molecule has 25 heavy (non-hydrogen) atoms. The molecule has 0 aromatic rings. The maximum absolute atomic E-state index is 11.2. The van der Waals surface area contributed by atoms with E-state index in [4.69, 9.17) is 14.3 Å². The molecule has 0 radical (unpaired) electrons. The molecule has 0 saturated heterocycles. The largest absolute Gasteiger partial charge is 0.469 e. The Kier molecular flexibility index (Phi) is 4.45. The van der Waals surface area contributed by atoms with E-state index >= 15 is 0 Å². The van der Waals surface area contributed by atoms with Gasteiger partial charge < -0.3 is 14.9 Å². The number of phosphoric ester groups is 1. The zero-order chi connectivity index (χ0) is 18.0. The van der Waals surface area contributed by atoms with Gasteiger partial charge in [-0.15, -0.1) is 0 Å². The normalized spacial score (nSPS) is 53.0. The van der Waals surface area contributed by atoms with Crippen molar-refractivity contribution in [1.82, 2.24) is 0 Å². The Morgan fingerprint density at radius 3 is 2.32 bits per heavy atom. The second-order valence-electron chi connectivity index (χ2n) is 9.79. The highest BCUT2D eigenvalue weighted by Crippen LogP contribution is 2.66.